The third kappa shape index (κ3) is 4.83. The molecule has 0 aliphatic carbocycles. The monoisotopic (exact) mass is 367 g/mol. The number of para-hydroxylation sites is 1. The minimum atomic E-state index is -4.78. The molecule has 9 heteroatoms. The number of hydrogen-bond acceptors (Lipinski definition) is 4. The minimum Gasteiger partial charge on any atom is -0.406 e. The highest BCUT2D eigenvalue weighted by Crippen LogP contribution is 2.25. The van der Waals surface area contributed by atoms with Crippen molar-refractivity contribution in [3.63, 3.8) is 0 Å². The first-order chi connectivity index (χ1) is 11.9. The normalized spacial score (nSPS) is 11.3. The highest BCUT2D eigenvalue weighted by molar-refractivity contribution is 7.18. The SMILES string of the molecule is O=C(NCc1nc2ccccc2s1)Nc1cccc(OC(F)(F)F)c1. The molecule has 25 heavy (non-hydrogen) atoms. The molecule has 0 saturated carbocycles. The summed E-state index contributed by atoms with van der Waals surface area (Å²) in [6.45, 7) is 0.212. The molecule has 0 atom stereocenters. The van der Waals surface area contributed by atoms with Crippen LogP contribution >= 0.6 is 11.3 Å². The van der Waals surface area contributed by atoms with Gasteiger partial charge in [-0.05, 0) is 24.3 Å². The van der Waals surface area contributed by atoms with E-state index in [1.54, 1.807) is 0 Å². The quantitative estimate of drug-likeness (QED) is 0.713. The Morgan fingerprint density at radius 1 is 1.16 bits per heavy atom. The third-order valence-corrected chi connectivity index (χ3v) is 4.10. The van der Waals surface area contributed by atoms with Crippen LogP contribution in [-0.2, 0) is 6.54 Å². The molecule has 0 fully saturated rings. The predicted molar refractivity (Wildman–Crippen MR) is 88.6 cm³/mol. The number of aromatic nitrogens is 1. The highest BCUT2D eigenvalue weighted by Gasteiger charge is 2.31. The first kappa shape index (κ1) is 17.0. The summed E-state index contributed by atoms with van der Waals surface area (Å²) in [7, 11) is 0. The van der Waals surface area contributed by atoms with E-state index in [2.05, 4.69) is 20.4 Å². The number of benzene rings is 2. The first-order valence-electron chi connectivity index (χ1n) is 7.14. The lowest BCUT2D eigenvalue weighted by Gasteiger charge is -2.11. The Labute approximate surface area is 144 Å². The van der Waals surface area contributed by atoms with E-state index in [0.717, 1.165) is 27.4 Å². The van der Waals surface area contributed by atoms with Gasteiger partial charge in [0.05, 0.1) is 16.8 Å². The van der Waals surface area contributed by atoms with E-state index < -0.39 is 18.1 Å². The van der Waals surface area contributed by atoms with E-state index in [9.17, 15) is 18.0 Å². The molecule has 1 aromatic heterocycles. The van der Waals surface area contributed by atoms with Crippen LogP contribution in [0.15, 0.2) is 48.5 Å². The van der Waals surface area contributed by atoms with Crippen LogP contribution in [0.4, 0.5) is 23.7 Å². The van der Waals surface area contributed by atoms with Crippen molar-refractivity contribution in [2.24, 2.45) is 0 Å². The second-order valence-corrected chi connectivity index (χ2v) is 6.07. The number of carbonyl (C=O) groups is 1. The number of anilines is 1. The molecule has 5 nitrogen and oxygen atoms in total. The Hall–Kier alpha value is -2.81. The van der Waals surface area contributed by atoms with E-state index in [-0.39, 0.29) is 12.2 Å². The van der Waals surface area contributed by atoms with Crippen LogP contribution in [0, 0.1) is 0 Å². The number of ether oxygens (including phenoxy) is 1. The van der Waals surface area contributed by atoms with Crippen LogP contribution in [0.1, 0.15) is 5.01 Å². The van der Waals surface area contributed by atoms with Crippen molar-refractivity contribution in [3.05, 3.63) is 53.5 Å². The fourth-order valence-corrected chi connectivity index (χ4v) is 3.00. The summed E-state index contributed by atoms with van der Waals surface area (Å²) in [5.41, 5.74) is 1.03. The molecule has 1 heterocycles. The maximum Gasteiger partial charge on any atom is 0.573 e. The molecule has 0 spiro atoms. The molecule has 0 saturated heterocycles. The van der Waals surface area contributed by atoms with Crippen LogP contribution in [-0.4, -0.2) is 17.4 Å². The zero-order valence-electron chi connectivity index (χ0n) is 12.6. The van der Waals surface area contributed by atoms with E-state index in [4.69, 9.17) is 0 Å². The van der Waals surface area contributed by atoms with Gasteiger partial charge in [0.25, 0.3) is 0 Å². The van der Waals surface area contributed by atoms with Crippen molar-refractivity contribution in [2.75, 3.05) is 5.32 Å². The number of thiazole rings is 1. The summed E-state index contributed by atoms with van der Waals surface area (Å²) >= 11 is 1.46. The van der Waals surface area contributed by atoms with Crippen LogP contribution < -0.4 is 15.4 Å². The molecular weight excluding hydrogens is 355 g/mol. The van der Waals surface area contributed by atoms with E-state index in [1.807, 2.05) is 24.3 Å². The Kier molecular flexibility index (Phi) is 4.75. The molecule has 2 N–H and O–H groups in total. The molecule has 0 aliphatic rings. The predicted octanol–water partition coefficient (Wildman–Crippen LogP) is 4.52. The topological polar surface area (TPSA) is 63.2 Å². The number of fused-ring (bicyclic) bond motifs is 1. The van der Waals surface area contributed by atoms with Crippen molar-refractivity contribution >= 4 is 33.3 Å². The smallest absolute Gasteiger partial charge is 0.406 e. The molecule has 0 bridgehead atoms. The number of nitrogens with one attached hydrogen (secondary N) is 2. The van der Waals surface area contributed by atoms with Gasteiger partial charge in [-0.15, -0.1) is 24.5 Å². The zero-order chi connectivity index (χ0) is 17.9. The van der Waals surface area contributed by atoms with Gasteiger partial charge in [0.15, 0.2) is 0 Å². The zero-order valence-corrected chi connectivity index (χ0v) is 13.4. The molecule has 2 amide bonds. The number of halogens is 3. The summed E-state index contributed by atoms with van der Waals surface area (Å²) in [4.78, 5) is 16.3. The summed E-state index contributed by atoms with van der Waals surface area (Å²) in [5.74, 6) is -0.406. The number of hydrogen-bond donors (Lipinski definition) is 2. The minimum absolute atomic E-state index is 0.184. The first-order valence-corrected chi connectivity index (χ1v) is 7.96. The Bertz CT molecular complexity index is 862. The summed E-state index contributed by atoms with van der Waals surface area (Å²) in [6.07, 6.45) is -4.78. The maximum atomic E-state index is 12.2. The lowest BCUT2D eigenvalue weighted by molar-refractivity contribution is -0.274. The Morgan fingerprint density at radius 3 is 2.72 bits per heavy atom. The number of alkyl halides is 3. The molecule has 130 valence electrons. The number of rotatable bonds is 4. The van der Waals surface area contributed by atoms with Gasteiger partial charge in [-0.25, -0.2) is 9.78 Å². The summed E-state index contributed by atoms with van der Waals surface area (Å²) < 4.78 is 41.4. The second kappa shape index (κ2) is 6.98. The number of nitrogens with zero attached hydrogens (tertiary/aromatic N) is 1. The van der Waals surface area contributed by atoms with Crippen molar-refractivity contribution in [1.29, 1.82) is 0 Å². The van der Waals surface area contributed by atoms with Gasteiger partial charge in [-0.3, -0.25) is 0 Å². The number of carbonyl (C=O) groups excluding carboxylic acids is 1. The molecule has 0 unspecified atom stereocenters. The maximum absolute atomic E-state index is 12.2. The van der Waals surface area contributed by atoms with Gasteiger partial charge >= 0.3 is 12.4 Å². The van der Waals surface area contributed by atoms with Crippen LogP contribution in [0.2, 0.25) is 0 Å². The number of urea groups is 1. The summed E-state index contributed by atoms with van der Waals surface area (Å²) in [6, 6.07) is 12.1. The average molecular weight is 367 g/mol. The largest absolute Gasteiger partial charge is 0.573 e. The van der Waals surface area contributed by atoms with E-state index >= 15 is 0 Å². The Balaban J connectivity index is 1.58. The number of amides is 2. The molecule has 0 radical (unpaired) electrons. The molecular formula is C16H12F3N3O2S. The lowest BCUT2D eigenvalue weighted by atomic mass is 10.3. The fourth-order valence-electron chi connectivity index (χ4n) is 2.10. The van der Waals surface area contributed by atoms with Crippen LogP contribution in [0.3, 0.4) is 0 Å². The lowest BCUT2D eigenvalue weighted by Crippen LogP contribution is -2.28. The summed E-state index contributed by atoms with van der Waals surface area (Å²) in [5, 5.41) is 5.79. The van der Waals surface area contributed by atoms with Crippen molar-refractivity contribution in [2.45, 2.75) is 12.9 Å². The third-order valence-electron chi connectivity index (χ3n) is 3.06. The molecule has 0 aliphatic heterocycles. The van der Waals surface area contributed by atoms with E-state index in [1.165, 1.54) is 23.5 Å². The van der Waals surface area contributed by atoms with Crippen LogP contribution in [0.5, 0.6) is 5.75 Å². The highest BCUT2D eigenvalue weighted by atomic mass is 32.1. The van der Waals surface area contributed by atoms with Gasteiger partial charge in [0.2, 0.25) is 0 Å². The molecule has 2 aromatic carbocycles. The van der Waals surface area contributed by atoms with Crippen molar-refractivity contribution in [1.82, 2.24) is 10.3 Å². The fraction of sp³-hybridized carbons (Fsp3) is 0.125. The molecule has 3 rings (SSSR count). The van der Waals surface area contributed by atoms with Crippen molar-refractivity contribution < 1.29 is 22.7 Å². The van der Waals surface area contributed by atoms with E-state index in [0.29, 0.717) is 0 Å². The van der Waals surface area contributed by atoms with Gasteiger partial charge in [-0.1, -0.05) is 18.2 Å². The second-order valence-electron chi connectivity index (χ2n) is 4.96. The molecule has 3 aromatic rings. The van der Waals surface area contributed by atoms with Gasteiger partial charge < -0.3 is 15.4 Å². The average Bonchev–Trinajstić information content (AvgIpc) is 2.94. The standard InChI is InChI=1S/C16H12F3N3O2S/c17-16(18,19)24-11-5-3-4-10(8-11)21-15(23)20-9-14-22-12-6-1-2-7-13(12)25-14/h1-8H,9H2,(H2,20,21,23). The Morgan fingerprint density at radius 2 is 1.96 bits per heavy atom. The van der Waals surface area contributed by atoms with Gasteiger partial charge in [0.1, 0.15) is 10.8 Å². The van der Waals surface area contributed by atoms with Crippen molar-refractivity contribution in [3.8, 4) is 5.75 Å². The van der Waals surface area contributed by atoms with Gasteiger partial charge in [0, 0.05) is 11.8 Å². The van der Waals surface area contributed by atoms with Crippen LogP contribution in [0.25, 0.3) is 10.2 Å². The van der Waals surface area contributed by atoms with Gasteiger partial charge in [-0.2, -0.15) is 0 Å².